The molecule has 2 aromatic rings. The van der Waals surface area contributed by atoms with Crippen molar-refractivity contribution in [2.45, 2.75) is 58.2 Å². The third-order valence-electron chi connectivity index (χ3n) is 5.06. The van der Waals surface area contributed by atoms with Gasteiger partial charge in [-0.3, -0.25) is 4.98 Å². The normalized spacial score (nSPS) is 17.3. The molecule has 26 heavy (non-hydrogen) atoms. The number of hydrogen-bond acceptors (Lipinski definition) is 5. The van der Waals surface area contributed by atoms with Crippen LogP contribution in [0.1, 0.15) is 57.3 Å². The number of ether oxygens (including phenoxy) is 1. The van der Waals surface area contributed by atoms with Crippen LogP contribution in [0.3, 0.4) is 0 Å². The molecule has 0 radical (unpaired) electrons. The number of rotatable bonds is 3. The van der Waals surface area contributed by atoms with Crippen molar-refractivity contribution in [1.29, 1.82) is 0 Å². The Morgan fingerprint density at radius 2 is 1.96 bits per heavy atom. The average Bonchev–Trinajstić information content (AvgIpc) is 2.60. The first kappa shape index (κ1) is 18.6. The molecule has 1 saturated heterocycles. The quantitative estimate of drug-likeness (QED) is 0.844. The zero-order chi connectivity index (χ0) is 18.9. The van der Waals surface area contributed by atoms with Gasteiger partial charge in [-0.15, -0.1) is 0 Å². The van der Waals surface area contributed by atoms with Gasteiger partial charge >= 0.3 is 5.97 Å². The smallest absolute Gasteiger partial charge is 0.339 e. The van der Waals surface area contributed by atoms with Crippen LogP contribution in [0.15, 0.2) is 30.5 Å². The van der Waals surface area contributed by atoms with Crippen molar-refractivity contribution in [3.63, 3.8) is 0 Å². The lowest BCUT2D eigenvalue weighted by Gasteiger charge is -2.39. The number of anilines is 1. The van der Waals surface area contributed by atoms with Crippen molar-refractivity contribution in [2.75, 3.05) is 18.0 Å². The van der Waals surface area contributed by atoms with Crippen LogP contribution in [-0.4, -0.2) is 40.4 Å². The lowest BCUT2D eigenvalue weighted by molar-refractivity contribution is 0.00711. The molecule has 0 bridgehead atoms. The predicted molar refractivity (Wildman–Crippen MR) is 104 cm³/mol. The molecule has 1 aliphatic rings. The van der Waals surface area contributed by atoms with E-state index in [9.17, 15) is 9.90 Å². The summed E-state index contributed by atoms with van der Waals surface area (Å²) in [5.41, 5.74) is 1.28. The molecule has 1 N–H and O–H groups in total. The van der Waals surface area contributed by atoms with Crippen molar-refractivity contribution < 1.29 is 14.6 Å². The number of aliphatic hydroxyl groups is 1. The molecule has 0 unspecified atom stereocenters. The second-order valence-corrected chi connectivity index (χ2v) is 8.13. The van der Waals surface area contributed by atoms with Crippen LogP contribution in [0.25, 0.3) is 10.9 Å². The fourth-order valence-corrected chi connectivity index (χ4v) is 3.38. The molecule has 2 heterocycles. The Balaban J connectivity index is 1.91. The van der Waals surface area contributed by atoms with E-state index in [-0.39, 0.29) is 5.97 Å². The summed E-state index contributed by atoms with van der Waals surface area (Å²) in [7, 11) is 0. The van der Waals surface area contributed by atoms with Crippen molar-refractivity contribution in [3.05, 3.63) is 36.0 Å². The maximum atomic E-state index is 12.6. The first-order valence-corrected chi connectivity index (χ1v) is 9.30. The summed E-state index contributed by atoms with van der Waals surface area (Å²) >= 11 is 0. The maximum Gasteiger partial charge on any atom is 0.339 e. The Morgan fingerprint density at radius 1 is 1.27 bits per heavy atom. The SMILES string of the molecule is CCC1(O)CCN(c2ccc3nccc(C(=O)OC(C)(C)C)c3c2)CC1. The van der Waals surface area contributed by atoms with Crippen LogP contribution in [0.5, 0.6) is 0 Å². The molecular formula is C21H28N2O3. The van der Waals surface area contributed by atoms with Gasteiger partial charge in [0.05, 0.1) is 16.7 Å². The lowest BCUT2D eigenvalue weighted by Crippen LogP contribution is -2.44. The summed E-state index contributed by atoms with van der Waals surface area (Å²) in [4.78, 5) is 19.2. The summed E-state index contributed by atoms with van der Waals surface area (Å²) in [6.07, 6.45) is 3.94. The Kier molecular flexibility index (Phi) is 4.93. The van der Waals surface area contributed by atoms with Gasteiger partial charge in [-0.25, -0.2) is 4.79 Å². The number of carbonyl (C=O) groups excluding carboxylic acids is 1. The summed E-state index contributed by atoms with van der Waals surface area (Å²) in [5.74, 6) is -0.332. The number of fused-ring (bicyclic) bond motifs is 1. The molecule has 1 fully saturated rings. The molecule has 5 nitrogen and oxygen atoms in total. The van der Waals surface area contributed by atoms with Gasteiger partial charge in [-0.1, -0.05) is 6.92 Å². The largest absolute Gasteiger partial charge is 0.456 e. The third kappa shape index (κ3) is 3.98. The second-order valence-electron chi connectivity index (χ2n) is 8.13. The lowest BCUT2D eigenvalue weighted by atomic mass is 9.89. The molecule has 140 valence electrons. The fourth-order valence-electron chi connectivity index (χ4n) is 3.38. The van der Waals surface area contributed by atoms with E-state index in [0.29, 0.717) is 5.56 Å². The minimum atomic E-state index is -0.545. The van der Waals surface area contributed by atoms with E-state index in [0.717, 1.165) is 48.9 Å². The third-order valence-corrected chi connectivity index (χ3v) is 5.06. The first-order chi connectivity index (χ1) is 12.2. The fraction of sp³-hybridized carbons (Fsp3) is 0.524. The van der Waals surface area contributed by atoms with Gasteiger partial charge < -0.3 is 14.7 Å². The van der Waals surface area contributed by atoms with E-state index in [1.807, 2.05) is 45.9 Å². The van der Waals surface area contributed by atoms with Crippen LogP contribution in [0, 0.1) is 0 Å². The van der Waals surface area contributed by atoms with E-state index in [1.165, 1.54) is 0 Å². The van der Waals surface area contributed by atoms with Crippen LogP contribution >= 0.6 is 0 Å². The summed E-state index contributed by atoms with van der Waals surface area (Å²) in [6.45, 7) is 9.23. The summed E-state index contributed by atoms with van der Waals surface area (Å²) in [5, 5.41) is 11.2. The Hall–Kier alpha value is -2.14. The Labute approximate surface area is 155 Å². The first-order valence-electron chi connectivity index (χ1n) is 9.30. The molecule has 1 aromatic carbocycles. The van der Waals surface area contributed by atoms with E-state index in [1.54, 1.807) is 12.3 Å². The number of nitrogens with zero attached hydrogens (tertiary/aromatic N) is 2. The monoisotopic (exact) mass is 356 g/mol. The molecule has 0 spiro atoms. The average molecular weight is 356 g/mol. The maximum absolute atomic E-state index is 12.6. The zero-order valence-electron chi connectivity index (χ0n) is 16.1. The number of pyridine rings is 1. The molecule has 0 atom stereocenters. The van der Waals surface area contributed by atoms with E-state index >= 15 is 0 Å². The highest BCUT2D eigenvalue weighted by Gasteiger charge is 2.30. The van der Waals surface area contributed by atoms with Gasteiger partial charge in [0, 0.05) is 30.4 Å². The molecule has 3 rings (SSSR count). The van der Waals surface area contributed by atoms with Crippen molar-refractivity contribution in [3.8, 4) is 0 Å². The summed E-state index contributed by atoms with van der Waals surface area (Å²) in [6, 6.07) is 7.70. The number of hydrogen-bond donors (Lipinski definition) is 1. The van der Waals surface area contributed by atoms with Crippen LogP contribution in [0.2, 0.25) is 0 Å². The molecule has 5 heteroatoms. The van der Waals surface area contributed by atoms with E-state index in [4.69, 9.17) is 4.74 Å². The number of carbonyl (C=O) groups is 1. The predicted octanol–water partition coefficient (Wildman–Crippen LogP) is 3.93. The minimum absolute atomic E-state index is 0.332. The topological polar surface area (TPSA) is 62.7 Å². The van der Waals surface area contributed by atoms with Crippen LogP contribution in [-0.2, 0) is 4.74 Å². The molecular weight excluding hydrogens is 328 g/mol. The number of piperidine rings is 1. The highest BCUT2D eigenvalue weighted by Crippen LogP contribution is 2.31. The highest BCUT2D eigenvalue weighted by molar-refractivity contribution is 6.04. The van der Waals surface area contributed by atoms with Crippen molar-refractivity contribution in [1.82, 2.24) is 4.98 Å². The summed E-state index contributed by atoms with van der Waals surface area (Å²) < 4.78 is 5.55. The van der Waals surface area contributed by atoms with Crippen LogP contribution in [0.4, 0.5) is 5.69 Å². The van der Waals surface area contributed by atoms with Gasteiger partial charge in [-0.2, -0.15) is 0 Å². The van der Waals surface area contributed by atoms with Gasteiger partial charge in [0.2, 0.25) is 0 Å². The van der Waals surface area contributed by atoms with Crippen LogP contribution < -0.4 is 4.90 Å². The van der Waals surface area contributed by atoms with E-state index < -0.39 is 11.2 Å². The number of esters is 1. The molecule has 1 aliphatic heterocycles. The Bertz CT molecular complexity index is 802. The Morgan fingerprint density at radius 3 is 2.58 bits per heavy atom. The van der Waals surface area contributed by atoms with Gasteiger partial charge in [0.1, 0.15) is 5.60 Å². The zero-order valence-corrected chi connectivity index (χ0v) is 16.1. The highest BCUT2D eigenvalue weighted by atomic mass is 16.6. The standard InChI is InChI=1S/C21H28N2O3/c1-5-21(25)9-12-23(13-10-21)15-6-7-18-17(14-15)16(8-11-22-18)19(24)26-20(2,3)4/h6-8,11,14,25H,5,9-10,12-13H2,1-4H3. The van der Waals surface area contributed by atoms with Gasteiger partial charge in [0.15, 0.2) is 0 Å². The molecule has 0 aliphatic carbocycles. The van der Waals surface area contributed by atoms with Gasteiger partial charge in [-0.05, 0) is 64.3 Å². The molecule has 1 aromatic heterocycles. The van der Waals surface area contributed by atoms with Crippen molar-refractivity contribution in [2.24, 2.45) is 0 Å². The van der Waals surface area contributed by atoms with E-state index in [2.05, 4.69) is 9.88 Å². The second kappa shape index (κ2) is 6.88. The number of benzene rings is 1. The molecule has 0 amide bonds. The number of aromatic nitrogens is 1. The minimum Gasteiger partial charge on any atom is -0.456 e. The van der Waals surface area contributed by atoms with Gasteiger partial charge in [0.25, 0.3) is 0 Å². The molecule has 0 saturated carbocycles. The van der Waals surface area contributed by atoms with Crippen molar-refractivity contribution >= 4 is 22.6 Å².